The molecule has 1 aromatic rings. The Morgan fingerprint density at radius 1 is 0.905 bits per heavy atom. The third kappa shape index (κ3) is 5.61. The number of benzene rings is 1. The highest BCUT2D eigenvalue weighted by Gasteiger charge is 2.15. The molecule has 1 aromatic carbocycles. The monoisotopic (exact) mass is 292 g/mol. The maximum absolute atomic E-state index is 10.4. The van der Waals surface area contributed by atoms with Gasteiger partial charge in [-0.05, 0) is 30.4 Å². The Morgan fingerprint density at radius 3 is 1.90 bits per heavy atom. The molecular weight excluding hydrogens is 260 g/mol. The lowest BCUT2D eigenvalue weighted by molar-refractivity contribution is 0.303. The Balaban J connectivity index is 2.69. The minimum Gasteiger partial charge on any atom is -0.507 e. The summed E-state index contributed by atoms with van der Waals surface area (Å²) in [5.41, 5.74) is 1.98. The molecule has 0 aliphatic carbocycles. The number of phenolic OH excluding ortho intramolecular Hbond substituents is 1. The van der Waals surface area contributed by atoms with Crippen molar-refractivity contribution < 1.29 is 9.84 Å². The highest BCUT2D eigenvalue weighted by molar-refractivity contribution is 5.49. The van der Waals surface area contributed by atoms with Crippen molar-refractivity contribution in [2.45, 2.75) is 78.6 Å². The summed E-state index contributed by atoms with van der Waals surface area (Å²) < 4.78 is 5.91. The van der Waals surface area contributed by atoms with E-state index in [9.17, 15) is 5.11 Å². The van der Waals surface area contributed by atoms with Crippen LogP contribution in [0.1, 0.15) is 89.7 Å². The van der Waals surface area contributed by atoms with E-state index in [1.54, 1.807) is 0 Å². The smallest absolute Gasteiger partial charge is 0.122 e. The van der Waals surface area contributed by atoms with E-state index >= 15 is 0 Å². The number of hydrogen-bond acceptors (Lipinski definition) is 2. The number of phenols is 1. The molecule has 0 saturated carbocycles. The molecule has 0 heterocycles. The molecule has 0 aliphatic rings. The summed E-state index contributed by atoms with van der Waals surface area (Å²) in [6.45, 7) is 11.4. The van der Waals surface area contributed by atoms with Gasteiger partial charge in [0.1, 0.15) is 11.5 Å². The van der Waals surface area contributed by atoms with Crippen LogP contribution in [-0.2, 0) is 0 Å². The maximum atomic E-state index is 10.4. The molecule has 21 heavy (non-hydrogen) atoms. The van der Waals surface area contributed by atoms with Crippen LogP contribution in [0.15, 0.2) is 12.1 Å². The van der Waals surface area contributed by atoms with Crippen molar-refractivity contribution >= 4 is 0 Å². The molecule has 0 unspecified atom stereocenters. The van der Waals surface area contributed by atoms with Crippen LogP contribution >= 0.6 is 0 Å². The zero-order chi connectivity index (χ0) is 15.8. The molecule has 1 rings (SSSR count). The van der Waals surface area contributed by atoms with Gasteiger partial charge in [0, 0.05) is 11.1 Å². The Labute approximate surface area is 130 Å². The molecule has 0 fully saturated rings. The standard InChI is InChI=1S/C19H32O2/c1-6-7-8-9-10-11-21-16-12-17(14(2)3)19(20)18(13-16)15(4)5/h12-15,20H,6-11H2,1-5H3. The van der Waals surface area contributed by atoms with Crippen LogP contribution in [0.4, 0.5) is 0 Å². The lowest BCUT2D eigenvalue weighted by Gasteiger charge is -2.18. The predicted molar refractivity (Wildman–Crippen MR) is 90.5 cm³/mol. The largest absolute Gasteiger partial charge is 0.507 e. The SMILES string of the molecule is CCCCCCCOc1cc(C(C)C)c(O)c(C(C)C)c1. The van der Waals surface area contributed by atoms with E-state index in [4.69, 9.17) is 4.74 Å². The molecule has 0 atom stereocenters. The van der Waals surface area contributed by atoms with E-state index in [0.717, 1.165) is 29.9 Å². The van der Waals surface area contributed by atoms with Crippen LogP contribution in [0, 0.1) is 0 Å². The van der Waals surface area contributed by atoms with E-state index < -0.39 is 0 Å². The summed E-state index contributed by atoms with van der Waals surface area (Å²) in [5.74, 6) is 1.94. The van der Waals surface area contributed by atoms with E-state index in [2.05, 4.69) is 34.6 Å². The summed E-state index contributed by atoms with van der Waals surface area (Å²) in [6.07, 6.45) is 6.22. The fraction of sp³-hybridized carbons (Fsp3) is 0.684. The summed E-state index contributed by atoms with van der Waals surface area (Å²) in [5, 5.41) is 10.4. The molecule has 2 heteroatoms. The minimum absolute atomic E-state index is 0.301. The number of hydrogen-bond donors (Lipinski definition) is 1. The van der Waals surface area contributed by atoms with Gasteiger partial charge >= 0.3 is 0 Å². The zero-order valence-corrected chi connectivity index (χ0v) is 14.4. The summed E-state index contributed by atoms with van der Waals surface area (Å²) in [6, 6.07) is 4.00. The third-order valence-electron chi connectivity index (χ3n) is 3.90. The Morgan fingerprint density at radius 2 is 1.43 bits per heavy atom. The van der Waals surface area contributed by atoms with Gasteiger partial charge in [-0.3, -0.25) is 0 Å². The number of aromatic hydroxyl groups is 1. The average molecular weight is 292 g/mol. The summed E-state index contributed by atoms with van der Waals surface area (Å²) >= 11 is 0. The van der Waals surface area contributed by atoms with Crippen LogP contribution < -0.4 is 4.74 Å². The van der Waals surface area contributed by atoms with Gasteiger partial charge in [-0.25, -0.2) is 0 Å². The van der Waals surface area contributed by atoms with Gasteiger partial charge in [-0.15, -0.1) is 0 Å². The van der Waals surface area contributed by atoms with Crippen molar-refractivity contribution in [1.29, 1.82) is 0 Å². The molecule has 0 aliphatic heterocycles. The summed E-state index contributed by atoms with van der Waals surface area (Å²) in [4.78, 5) is 0. The van der Waals surface area contributed by atoms with Gasteiger partial charge in [-0.1, -0.05) is 60.3 Å². The van der Waals surface area contributed by atoms with Gasteiger partial charge in [-0.2, -0.15) is 0 Å². The molecule has 120 valence electrons. The van der Waals surface area contributed by atoms with E-state index in [1.165, 1.54) is 25.7 Å². The van der Waals surface area contributed by atoms with Gasteiger partial charge in [0.2, 0.25) is 0 Å². The summed E-state index contributed by atoms with van der Waals surface area (Å²) in [7, 11) is 0. The molecule has 0 amide bonds. The van der Waals surface area contributed by atoms with Crippen molar-refractivity contribution in [2.75, 3.05) is 6.61 Å². The van der Waals surface area contributed by atoms with Crippen LogP contribution in [0.25, 0.3) is 0 Å². The van der Waals surface area contributed by atoms with Crippen LogP contribution in [-0.4, -0.2) is 11.7 Å². The van der Waals surface area contributed by atoms with Gasteiger partial charge in [0.15, 0.2) is 0 Å². The first-order valence-electron chi connectivity index (χ1n) is 8.46. The Kier molecular flexibility index (Phi) is 7.63. The Hall–Kier alpha value is -1.18. The number of unbranched alkanes of at least 4 members (excludes halogenated alkanes) is 4. The molecule has 0 aromatic heterocycles. The van der Waals surface area contributed by atoms with Gasteiger partial charge in [0.05, 0.1) is 6.61 Å². The van der Waals surface area contributed by atoms with Crippen LogP contribution in [0.3, 0.4) is 0 Å². The minimum atomic E-state index is 0.301. The van der Waals surface area contributed by atoms with E-state index in [0.29, 0.717) is 17.6 Å². The van der Waals surface area contributed by atoms with Gasteiger partial charge < -0.3 is 9.84 Å². The normalized spacial score (nSPS) is 11.4. The second kappa shape index (κ2) is 8.96. The number of rotatable bonds is 9. The molecule has 0 bridgehead atoms. The van der Waals surface area contributed by atoms with Crippen LogP contribution in [0.2, 0.25) is 0 Å². The first-order chi connectivity index (χ1) is 9.97. The highest BCUT2D eigenvalue weighted by atomic mass is 16.5. The maximum Gasteiger partial charge on any atom is 0.122 e. The molecule has 1 N–H and O–H groups in total. The fourth-order valence-electron chi connectivity index (χ4n) is 2.51. The second-order valence-corrected chi connectivity index (χ2v) is 6.52. The second-order valence-electron chi connectivity index (χ2n) is 6.52. The molecule has 0 saturated heterocycles. The zero-order valence-electron chi connectivity index (χ0n) is 14.4. The first kappa shape index (κ1) is 17.9. The first-order valence-corrected chi connectivity index (χ1v) is 8.46. The molecule has 0 radical (unpaired) electrons. The third-order valence-corrected chi connectivity index (χ3v) is 3.90. The van der Waals surface area contributed by atoms with E-state index in [1.807, 2.05) is 12.1 Å². The molecule has 2 nitrogen and oxygen atoms in total. The highest BCUT2D eigenvalue weighted by Crippen LogP contribution is 2.37. The quantitative estimate of drug-likeness (QED) is 0.567. The van der Waals surface area contributed by atoms with Gasteiger partial charge in [0.25, 0.3) is 0 Å². The average Bonchev–Trinajstić information content (AvgIpc) is 2.43. The van der Waals surface area contributed by atoms with Crippen molar-refractivity contribution in [3.63, 3.8) is 0 Å². The molecule has 0 spiro atoms. The lowest BCUT2D eigenvalue weighted by atomic mass is 9.93. The molecular formula is C19H32O2. The Bertz CT molecular complexity index is 393. The number of ether oxygens (including phenoxy) is 1. The topological polar surface area (TPSA) is 29.5 Å². The van der Waals surface area contributed by atoms with Crippen molar-refractivity contribution in [3.8, 4) is 11.5 Å². The van der Waals surface area contributed by atoms with Crippen LogP contribution in [0.5, 0.6) is 11.5 Å². The lowest BCUT2D eigenvalue weighted by Crippen LogP contribution is -2.01. The van der Waals surface area contributed by atoms with Crippen molar-refractivity contribution in [1.82, 2.24) is 0 Å². The van der Waals surface area contributed by atoms with E-state index in [-0.39, 0.29) is 0 Å². The fourth-order valence-corrected chi connectivity index (χ4v) is 2.51. The van der Waals surface area contributed by atoms with Crippen molar-refractivity contribution in [2.24, 2.45) is 0 Å². The van der Waals surface area contributed by atoms with Crippen molar-refractivity contribution in [3.05, 3.63) is 23.3 Å². The predicted octanol–water partition coefficient (Wildman–Crippen LogP) is 5.99.